The lowest BCUT2D eigenvalue weighted by Crippen LogP contribution is -2.18. The van der Waals surface area contributed by atoms with Gasteiger partial charge in [-0.2, -0.15) is 0 Å². The third-order valence-electron chi connectivity index (χ3n) is 4.46. The summed E-state index contributed by atoms with van der Waals surface area (Å²) in [5.41, 5.74) is 3.68. The number of alkyl halides is 3. The first-order valence-corrected chi connectivity index (χ1v) is 9.75. The number of halogens is 3. The quantitative estimate of drug-likeness (QED) is 0.376. The van der Waals surface area contributed by atoms with Crippen LogP contribution in [0.4, 0.5) is 18.9 Å². The van der Waals surface area contributed by atoms with Crippen molar-refractivity contribution >= 4 is 18.2 Å². The zero-order chi connectivity index (χ0) is 23.7. The molecule has 32 heavy (non-hydrogen) atoms. The van der Waals surface area contributed by atoms with Gasteiger partial charge in [0.05, 0.1) is 6.61 Å². The molecule has 4 N–H and O–H groups in total. The van der Waals surface area contributed by atoms with Gasteiger partial charge in [-0.15, -0.1) is 19.8 Å². The van der Waals surface area contributed by atoms with Crippen LogP contribution in [0.3, 0.4) is 0 Å². The van der Waals surface area contributed by atoms with E-state index in [0.29, 0.717) is 46.5 Å². The van der Waals surface area contributed by atoms with Crippen LogP contribution >= 0.6 is 0 Å². The smallest absolute Gasteiger partial charge is 0.406 e. The van der Waals surface area contributed by atoms with Gasteiger partial charge in [0.2, 0.25) is 6.41 Å². The van der Waals surface area contributed by atoms with E-state index in [1.165, 1.54) is 24.3 Å². The molecule has 3 rings (SSSR count). The molecule has 1 heterocycles. The number of ether oxygens (including phenoxy) is 1. The Labute approximate surface area is 184 Å². The van der Waals surface area contributed by atoms with E-state index in [2.05, 4.69) is 21.9 Å². The fraction of sp³-hybridized carbons (Fsp3) is 0.261. The molecule has 0 spiro atoms. The molecule has 0 fully saturated rings. The number of fused-ring (bicyclic) bond motifs is 1. The van der Waals surface area contributed by atoms with E-state index in [9.17, 15) is 28.2 Å². The van der Waals surface area contributed by atoms with Crippen molar-refractivity contribution in [3.05, 3.63) is 65.8 Å². The summed E-state index contributed by atoms with van der Waals surface area (Å²) in [7, 11) is 0. The Hall–Kier alpha value is -3.30. The van der Waals surface area contributed by atoms with Gasteiger partial charge in [-0.05, 0) is 41.8 Å². The molecule has 1 aliphatic heterocycles. The molecule has 0 saturated heterocycles. The van der Waals surface area contributed by atoms with Crippen molar-refractivity contribution in [3.8, 4) is 16.9 Å². The van der Waals surface area contributed by atoms with Gasteiger partial charge in [-0.3, -0.25) is 4.79 Å². The summed E-state index contributed by atoms with van der Waals surface area (Å²) in [5, 5.41) is 25.5. The van der Waals surface area contributed by atoms with Gasteiger partial charge in [-0.25, -0.2) is 0 Å². The Balaban J connectivity index is 0.00000114. The number of carbonyl (C=O) groups excluding carboxylic acids is 1. The maximum atomic E-state index is 12.4. The number of nitrogens with one attached hydrogen (secondary N) is 2. The fourth-order valence-corrected chi connectivity index (χ4v) is 3.32. The summed E-state index contributed by atoms with van der Waals surface area (Å²) >= 11 is 0. The molecule has 1 unspecified atom stereocenters. The third kappa shape index (κ3) is 6.35. The molecule has 172 valence electrons. The number of carbonyl (C=O) groups is 1. The second-order valence-corrected chi connectivity index (χ2v) is 6.75. The molecule has 6 nitrogen and oxygen atoms in total. The van der Waals surface area contributed by atoms with Gasteiger partial charge >= 0.3 is 6.36 Å². The number of anilines is 1. The van der Waals surface area contributed by atoms with Crippen molar-refractivity contribution in [1.29, 1.82) is 0 Å². The summed E-state index contributed by atoms with van der Waals surface area (Å²) in [5.74, 6) is -0.335. The molecule has 0 radical (unpaired) electrons. The first kappa shape index (κ1) is 25.0. The second-order valence-electron chi connectivity index (χ2n) is 6.75. The van der Waals surface area contributed by atoms with Crippen LogP contribution in [0.25, 0.3) is 17.2 Å². The van der Waals surface area contributed by atoms with Crippen LogP contribution in [0.1, 0.15) is 29.7 Å². The summed E-state index contributed by atoms with van der Waals surface area (Å²) in [6.07, 6.45) is -0.0197. The number of hydrogen-bond donors (Lipinski definition) is 4. The van der Waals surface area contributed by atoms with Crippen molar-refractivity contribution in [1.82, 2.24) is 5.32 Å². The maximum absolute atomic E-state index is 12.4. The van der Waals surface area contributed by atoms with Crippen LogP contribution in [0, 0.1) is 0 Å². The molecule has 0 saturated carbocycles. The molecule has 1 aliphatic rings. The van der Waals surface area contributed by atoms with Crippen LogP contribution in [0.15, 0.2) is 49.1 Å². The predicted octanol–water partition coefficient (Wildman–Crippen LogP) is 4.15. The van der Waals surface area contributed by atoms with Gasteiger partial charge in [0, 0.05) is 29.9 Å². The molecular formula is C23H25F3N2O4. The van der Waals surface area contributed by atoms with Crippen LogP contribution in [0.5, 0.6) is 5.75 Å². The van der Waals surface area contributed by atoms with Crippen molar-refractivity contribution in [2.24, 2.45) is 0 Å². The summed E-state index contributed by atoms with van der Waals surface area (Å²) in [6.45, 7) is 5.38. The monoisotopic (exact) mass is 450 g/mol. The van der Waals surface area contributed by atoms with Gasteiger partial charge < -0.3 is 25.6 Å². The predicted molar refractivity (Wildman–Crippen MR) is 117 cm³/mol. The number of allylic oxidation sites excluding steroid dienone is 1. The minimum absolute atomic E-state index is 0.110. The highest BCUT2D eigenvalue weighted by Crippen LogP contribution is 2.40. The van der Waals surface area contributed by atoms with Crippen LogP contribution in [-0.4, -0.2) is 36.1 Å². The number of hydrogen-bond acceptors (Lipinski definition) is 5. The Bertz CT molecular complexity index is 957. The SMILES string of the molecule is C=CC.O=CNCc1cc(-c2ccc(OC(F)(F)F)cc2)c2c(c1C(O)CO)C=CCN2. The first-order chi connectivity index (χ1) is 15.3. The van der Waals surface area contributed by atoms with Crippen LogP contribution in [0.2, 0.25) is 0 Å². The zero-order valence-corrected chi connectivity index (χ0v) is 17.4. The number of amides is 1. The summed E-state index contributed by atoms with van der Waals surface area (Å²) in [4.78, 5) is 10.8. The lowest BCUT2D eigenvalue weighted by atomic mass is 9.88. The standard InChI is InChI=1S/C20H19F3N2O4.C3H6/c21-20(22,23)29-14-5-3-12(4-6-14)16-8-13(9-24-11-27)18(17(28)10-26)15-2-1-7-25-19(15)16;1-3-2/h1-6,8,11,17,25-26,28H,7,9-10H2,(H,24,27);3H,1H2,2H3. The molecule has 9 heteroatoms. The van der Waals surface area contributed by atoms with E-state index < -0.39 is 19.1 Å². The fourth-order valence-electron chi connectivity index (χ4n) is 3.32. The minimum atomic E-state index is -4.78. The Morgan fingerprint density at radius 1 is 1.31 bits per heavy atom. The summed E-state index contributed by atoms with van der Waals surface area (Å²) in [6, 6.07) is 7.16. The Morgan fingerprint density at radius 3 is 2.53 bits per heavy atom. The highest BCUT2D eigenvalue weighted by molar-refractivity contribution is 5.89. The maximum Gasteiger partial charge on any atom is 0.573 e. The highest BCUT2D eigenvalue weighted by atomic mass is 19.4. The van der Waals surface area contributed by atoms with E-state index in [0.717, 1.165) is 0 Å². The zero-order valence-electron chi connectivity index (χ0n) is 17.4. The molecule has 0 aliphatic carbocycles. The van der Waals surface area contributed by atoms with Gasteiger partial charge in [-0.1, -0.05) is 30.4 Å². The van der Waals surface area contributed by atoms with E-state index >= 15 is 0 Å². The number of rotatable bonds is 7. The topological polar surface area (TPSA) is 90.8 Å². The van der Waals surface area contributed by atoms with Crippen molar-refractivity contribution in [3.63, 3.8) is 0 Å². The average Bonchev–Trinajstić information content (AvgIpc) is 2.76. The molecule has 0 bridgehead atoms. The molecule has 2 aromatic rings. The first-order valence-electron chi connectivity index (χ1n) is 9.75. The van der Waals surface area contributed by atoms with Crippen LogP contribution < -0.4 is 15.4 Å². The van der Waals surface area contributed by atoms with Gasteiger partial charge in [0.1, 0.15) is 11.9 Å². The average molecular weight is 450 g/mol. The number of aliphatic hydroxyl groups is 2. The van der Waals surface area contributed by atoms with E-state index in [-0.39, 0.29) is 12.3 Å². The van der Waals surface area contributed by atoms with E-state index in [1.54, 1.807) is 18.2 Å². The molecule has 1 amide bonds. The highest BCUT2D eigenvalue weighted by Gasteiger charge is 2.31. The molecule has 1 atom stereocenters. The van der Waals surface area contributed by atoms with Crippen molar-refractivity contribution < 1.29 is 32.9 Å². The third-order valence-corrected chi connectivity index (χ3v) is 4.46. The lowest BCUT2D eigenvalue weighted by Gasteiger charge is -2.26. The lowest BCUT2D eigenvalue weighted by molar-refractivity contribution is -0.274. The number of aliphatic hydroxyl groups excluding tert-OH is 2. The van der Waals surface area contributed by atoms with Crippen molar-refractivity contribution in [2.45, 2.75) is 25.9 Å². The molecule has 2 aromatic carbocycles. The summed E-state index contributed by atoms with van der Waals surface area (Å²) < 4.78 is 41.1. The second kappa shape index (κ2) is 11.4. The van der Waals surface area contributed by atoms with Gasteiger partial charge in [0.15, 0.2) is 0 Å². The number of benzene rings is 2. The normalized spacial score (nSPS) is 13.1. The van der Waals surface area contributed by atoms with E-state index in [4.69, 9.17) is 0 Å². The largest absolute Gasteiger partial charge is 0.573 e. The van der Waals surface area contributed by atoms with Gasteiger partial charge in [0.25, 0.3) is 0 Å². The van der Waals surface area contributed by atoms with Crippen molar-refractivity contribution in [2.75, 3.05) is 18.5 Å². The minimum Gasteiger partial charge on any atom is -0.406 e. The Morgan fingerprint density at radius 2 is 1.97 bits per heavy atom. The molecule has 0 aromatic heterocycles. The van der Waals surface area contributed by atoms with Crippen LogP contribution in [-0.2, 0) is 11.3 Å². The van der Waals surface area contributed by atoms with E-state index in [1.807, 2.05) is 13.0 Å². The Kier molecular flexibility index (Phi) is 8.86. The molecular weight excluding hydrogens is 425 g/mol.